The van der Waals surface area contributed by atoms with Gasteiger partial charge in [-0.15, -0.1) is 0 Å². The van der Waals surface area contributed by atoms with Crippen molar-refractivity contribution < 1.29 is 14.3 Å². The van der Waals surface area contributed by atoms with Crippen LogP contribution < -0.4 is 0 Å². The minimum Gasteiger partial charge on any atom is -0.379 e. The van der Waals surface area contributed by atoms with E-state index in [9.17, 15) is 9.59 Å². The number of rotatable bonds is 9. The predicted molar refractivity (Wildman–Crippen MR) is 76.9 cm³/mol. The molecule has 0 radical (unpaired) electrons. The summed E-state index contributed by atoms with van der Waals surface area (Å²) >= 11 is 0. The first kappa shape index (κ1) is 18.1. The summed E-state index contributed by atoms with van der Waals surface area (Å²) in [7, 11) is 3.42. The standard InChI is InChI=1S/C15H29NO3/c1-7-12(4)15(13(19-6)8-9-17)16(5)14(18)10-11(2)3/h9,11-13,15H,7-8,10H2,1-6H3/t12-,13?,15-/m0/s1. The predicted octanol–water partition coefficient (Wildman–Crippen LogP) is 2.51. The van der Waals surface area contributed by atoms with Crippen molar-refractivity contribution in [1.29, 1.82) is 0 Å². The first-order valence-corrected chi connectivity index (χ1v) is 7.11. The largest absolute Gasteiger partial charge is 0.379 e. The topological polar surface area (TPSA) is 46.6 Å². The molecule has 0 rings (SSSR count). The van der Waals surface area contributed by atoms with Crippen LogP contribution in [0.4, 0.5) is 0 Å². The second-order valence-electron chi connectivity index (χ2n) is 5.66. The van der Waals surface area contributed by atoms with Crippen LogP contribution in [0.1, 0.15) is 47.0 Å². The van der Waals surface area contributed by atoms with Crippen LogP contribution in [0.25, 0.3) is 0 Å². The second-order valence-corrected chi connectivity index (χ2v) is 5.66. The van der Waals surface area contributed by atoms with Crippen molar-refractivity contribution in [3.63, 3.8) is 0 Å². The maximum Gasteiger partial charge on any atom is 0.222 e. The zero-order chi connectivity index (χ0) is 15.0. The summed E-state index contributed by atoms with van der Waals surface area (Å²) in [5, 5.41) is 0. The Kier molecular flexibility index (Phi) is 8.65. The third kappa shape index (κ3) is 5.72. The Bertz CT molecular complexity index is 279. The number of likely N-dealkylation sites (N-methyl/N-ethyl adjacent to an activating group) is 1. The first-order chi connectivity index (χ1) is 8.88. The Morgan fingerprint density at radius 3 is 2.26 bits per heavy atom. The van der Waals surface area contributed by atoms with Crippen molar-refractivity contribution in [2.24, 2.45) is 11.8 Å². The zero-order valence-electron chi connectivity index (χ0n) is 13.2. The van der Waals surface area contributed by atoms with Gasteiger partial charge in [0.1, 0.15) is 6.29 Å². The van der Waals surface area contributed by atoms with Crippen molar-refractivity contribution >= 4 is 12.2 Å². The highest BCUT2D eigenvalue weighted by Crippen LogP contribution is 2.22. The quantitative estimate of drug-likeness (QED) is 0.605. The van der Waals surface area contributed by atoms with Gasteiger partial charge in [-0.05, 0) is 11.8 Å². The molecule has 3 atom stereocenters. The van der Waals surface area contributed by atoms with Crippen molar-refractivity contribution in [1.82, 2.24) is 4.90 Å². The van der Waals surface area contributed by atoms with E-state index in [-0.39, 0.29) is 18.1 Å². The Morgan fingerprint density at radius 1 is 1.32 bits per heavy atom. The molecule has 0 aromatic carbocycles. The van der Waals surface area contributed by atoms with Crippen LogP contribution in [-0.4, -0.2) is 43.4 Å². The number of hydrogen-bond donors (Lipinski definition) is 0. The van der Waals surface area contributed by atoms with E-state index >= 15 is 0 Å². The van der Waals surface area contributed by atoms with Crippen molar-refractivity contribution in [3.8, 4) is 0 Å². The molecule has 0 heterocycles. The fourth-order valence-corrected chi connectivity index (χ4v) is 2.37. The molecule has 1 amide bonds. The summed E-state index contributed by atoms with van der Waals surface area (Å²) in [6.07, 6.45) is 2.44. The van der Waals surface area contributed by atoms with E-state index in [4.69, 9.17) is 4.74 Å². The molecule has 4 nitrogen and oxygen atoms in total. The second kappa shape index (κ2) is 9.08. The lowest BCUT2D eigenvalue weighted by Gasteiger charge is -2.37. The third-order valence-electron chi connectivity index (χ3n) is 3.66. The molecule has 0 aromatic heterocycles. The average molecular weight is 271 g/mol. The highest BCUT2D eigenvalue weighted by Gasteiger charge is 2.32. The smallest absolute Gasteiger partial charge is 0.222 e. The lowest BCUT2D eigenvalue weighted by atomic mass is 9.91. The summed E-state index contributed by atoms with van der Waals surface area (Å²) in [5.41, 5.74) is 0. The molecule has 19 heavy (non-hydrogen) atoms. The van der Waals surface area contributed by atoms with E-state index in [1.165, 1.54) is 0 Å². The van der Waals surface area contributed by atoms with Crippen molar-refractivity contribution in [2.45, 2.75) is 59.1 Å². The third-order valence-corrected chi connectivity index (χ3v) is 3.66. The number of ether oxygens (including phenoxy) is 1. The molecule has 0 saturated carbocycles. The van der Waals surface area contributed by atoms with E-state index in [1.54, 1.807) is 12.0 Å². The fraction of sp³-hybridized carbons (Fsp3) is 0.867. The molecule has 0 aliphatic carbocycles. The van der Waals surface area contributed by atoms with Crippen molar-refractivity contribution in [3.05, 3.63) is 0 Å². The Labute approximate surface area is 117 Å². The summed E-state index contributed by atoms with van der Waals surface area (Å²) in [4.78, 5) is 24.8. The molecule has 4 heteroatoms. The summed E-state index contributed by atoms with van der Waals surface area (Å²) in [6.45, 7) is 8.25. The van der Waals surface area contributed by atoms with Gasteiger partial charge in [0.15, 0.2) is 0 Å². The lowest BCUT2D eigenvalue weighted by molar-refractivity contribution is -0.138. The summed E-state index contributed by atoms with van der Waals surface area (Å²) in [5.74, 6) is 0.749. The number of carbonyl (C=O) groups excluding carboxylic acids is 2. The zero-order valence-corrected chi connectivity index (χ0v) is 13.2. The normalized spacial score (nSPS) is 15.9. The Hall–Kier alpha value is -0.900. The number of aldehydes is 1. The van der Waals surface area contributed by atoms with Crippen LogP contribution in [0.15, 0.2) is 0 Å². The van der Waals surface area contributed by atoms with Gasteiger partial charge in [-0.3, -0.25) is 4.79 Å². The van der Waals surface area contributed by atoms with E-state index in [0.29, 0.717) is 24.7 Å². The van der Waals surface area contributed by atoms with E-state index < -0.39 is 0 Å². The van der Waals surface area contributed by atoms with Crippen molar-refractivity contribution in [2.75, 3.05) is 14.2 Å². The van der Waals surface area contributed by atoms with Gasteiger partial charge in [0.2, 0.25) is 5.91 Å². The van der Waals surface area contributed by atoms with Crippen LogP contribution in [-0.2, 0) is 14.3 Å². The molecule has 0 aromatic rings. The minimum absolute atomic E-state index is 0.0496. The maximum absolute atomic E-state index is 12.2. The average Bonchev–Trinajstić information content (AvgIpc) is 2.36. The van der Waals surface area contributed by atoms with Crippen LogP contribution in [0, 0.1) is 11.8 Å². The molecule has 0 N–H and O–H groups in total. The van der Waals surface area contributed by atoms with Gasteiger partial charge in [-0.1, -0.05) is 34.1 Å². The number of carbonyl (C=O) groups is 2. The number of methoxy groups -OCH3 is 1. The van der Waals surface area contributed by atoms with Gasteiger partial charge in [0, 0.05) is 27.0 Å². The molecular weight excluding hydrogens is 242 g/mol. The summed E-state index contributed by atoms with van der Waals surface area (Å²) in [6, 6.07) is -0.0496. The fourth-order valence-electron chi connectivity index (χ4n) is 2.37. The monoisotopic (exact) mass is 271 g/mol. The van der Waals surface area contributed by atoms with Gasteiger partial charge in [0.25, 0.3) is 0 Å². The van der Waals surface area contributed by atoms with Crippen LogP contribution in [0.5, 0.6) is 0 Å². The maximum atomic E-state index is 12.2. The number of hydrogen-bond acceptors (Lipinski definition) is 3. The van der Waals surface area contributed by atoms with Gasteiger partial charge in [-0.25, -0.2) is 0 Å². The molecule has 0 fully saturated rings. The molecule has 112 valence electrons. The molecule has 0 aliphatic rings. The molecule has 0 spiro atoms. The number of amides is 1. The Balaban J connectivity index is 5.00. The van der Waals surface area contributed by atoms with Gasteiger partial charge >= 0.3 is 0 Å². The lowest BCUT2D eigenvalue weighted by Crippen LogP contribution is -2.49. The molecule has 0 bridgehead atoms. The van der Waals surface area contributed by atoms with E-state index in [1.807, 2.05) is 20.9 Å². The minimum atomic E-state index is -0.228. The molecule has 0 saturated heterocycles. The highest BCUT2D eigenvalue weighted by molar-refractivity contribution is 5.76. The highest BCUT2D eigenvalue weighted by atomic mass is 16.5. The molecular formula is C15H29NO3. The van der Waals surface area contributed by atoms with E-state index in [2.05, 4.69) is 13.8 Å². The van der Waals surface area contributed by atoms with Gasteiger partial charge in [-0.2, -0.15) is 0 Å². The van der Waals surface area contributed by atoms with Gasteiger partial charge < -0.3 is 14.4 Å². The summed E-state index contributed by atoms with van der Waals surface area (Å²) < 4.78 is 5.43. The van der Waals surface area contributed by atoms with Crippen LogP contribution in [0.2, 0.25) is 0 Å². The number of nitrogens with zero attached hydrogens (tertiary/aromatic N) is 1. The van der Waals surface area contributed by atoms with Crippen LogP contribution in [0.3, 0.4) is 0 Å². The SMILES string of the molecule is CC[C@H](C)[C@@H](C(CC=O)OC)N(C)C(=O)CC(C)C. The van der Waals surface area contributed by atoms with Gasteiger partial charge in [0.05, 0.1) is 12.1 Å². The molecule has 0 aliphatic heterocycles. The van der Waals surface area contributed by atoms with Crippen LogP contribution >= 0.6 is 0 Å². The Morgan fingerprint density at radius 2 is 1.89 bits per heavy atom. The molecule has 1 unspecified atom stereocenters. The first-order valence-electron chi connectivity index (χ1n) is 7.11. The van der Waals surface area contributed by atoms with E-state index in [0.717, 1.165) is 12.7 Å².